The number of ketones is 1. The standard InChI is InChI=1S/C21H18N2O2/c1-15-12-18(13-22)21(17-8-10-19(25-2)11-9-17)23(15)14-20(24)16-6-4-3-5-7-16/h3-12H,14H2,1-2H3. The first-order valence-corrected chi connectivity index (χ1v) is 7.97. The molecule has 0 N–H and O–H groups in total. The van der Waals surface area contributed by atoms with Crippen LogP contribution in [-0.2, 0) is 6.54 Å². The topological polar surface area (TPSA) is 55.0 Å². The van der Waals surface area contributed by atoms with Crippen LogP contribution in [0, 0.1) is 18.3 Å². The maximum Gasteiger partial charge on any atom is 0.182 e. The fraction of sp³-hybridized carbons (Fsp3) is 0.143. The van der Waals surface area contributed by atoms with Gasteiger partial charge in [0, 0.05) is 11.3 Å². The van der Waals surface area contributed by atoms with Crippen molar-refractivity contribution in [3.8, 4) is 23.1 Å². The van der Waals surface area contributed by atoms with Crippen LogP contribution in [0.1, 0.15) is 21.6 Å². The Hall–Kier alpha value is -3.32. The van der Waals surface area contributed by atoms with Crippen molar-refractivity contribution in [2.24, 2.45) is 0 Å². The minimum atomic E-state index is 0.0125. The molecule has 124 valence electrons. The molecular formula is C21H18N2O2. The molecular weight excluding hydrogens is 312 g/mol. The van der Waals surface area contributed by atoms with Gasteiger partial charge in [-0.1, -0.05) is 30.3 Å². The van der Waals surface area contributed by atoms with E-state index in [0.717, 1.165) is 22.7 Å². The predicted octanol–water partition coefficient (Wildman–Crippen LogP) is 4.23. The first-order chi connectivity index (χ1) is 12.1. The number of carbonyl (C=O) groups excluding carboxylic acids is 1. The van der Waals surface area contributed by atoms with Crippen LogP contribution in [0.15, 0.2) is 60.7 Å². The van der Waals surface area contributed by atoms with Gasteiger partial charge < -0.3 is 9.30 Å². The lowest BCUT2D eigenvalue weighted by molar-refractivity contribution is 0.0972. The first-order valence-electron chi connectivity index (χ1n) is 7.97. The number of methoxy groups -OCH3 is 1. The second-order valence-corrected chi connectivity index (χ2v) is 5.76. The summed E-state index contributed by atoms with van der Waals surface area (Å²) < 4.78 is 7.09. The third kappa shape index (κ3) is 3.31. The van der Waals surface area contributed by atoms with E-state index in [1.54, 1.807) is 19.2 Å². The molecule has 3 rings (SSSR count). The van der Waals surface area contributed by atoms with E-state index in [1.165, 1.54) is 0 Å². The van der Waals surface area contributed by atoms with Crippen LogP contribution in [0.5, 0.6) is 5.75 Å². The van der Waals surface area contributed by atoms with Gasteiger partial charge in [-0.2, -0.15) is 5.26 Å². The molecule has 3 aromatic rings. The van der Waals surface area contributed by atoms with Gasteiger partial charge in [0.2, 0.25) is 0 Å². The van der Waals surface area contributed by atoms with Crippen molar-refractivity contribution < 1.29 is 9.53 Å². The van der Waals surface area contributed by atoms with Crippen molar-refractivity contribution in [2.45, 2.75) is 13.5 Å². The molecule has 0 bridgehead atoms. The number of ether oxygens (including phenoxy) is 1. The molecule has 1 aromatic heterocycles. The highest BCUT2D eigenvalue weighted by Gasteiger charge is 2.17. The van der Waals surface area contributed by atoms with Crippen molar-refractivity contribution in [3.05, 3.63) is 77.5 Å². The maximum absolute atomic E-state index is 12.6. The molecule has 0 spiro atoms. The smallest absolute Gasteiger partial charge is 0.182 e. The van der Waals surface area contributed by atoms with Crippen molar-refractivity contribution in [3.63, 3.8) is 0 Å². The number of nitriles is 1. The molecule has 25 heavy (non-hydrogen) atoms. The molecule has 0 amide bonds. The van der Waals surface area contributed by atoms with Gasteiger partial charge in [-0.05, 0) is 42.8 Å². The third-order valence-electron chi connectivity index (χ3n) is 4.19. The molecule has 4 heteroatoms. The molecule has 0 unspecified atom stereocenters. The number of nitrogens with zero attached hydrogens (tertiary/aromatic N) is 2. The van der Waals surface area contributed by atoms with Crippen LogP contribution in [0.3, 0.4) is 0 Å². The maximum atomic E-state index is 12.6. The quantitative estimate of drug-likeness (QED) is 0.658. The van der Waals surface area contributed by atoms with Crippen LogP contribution in [0.4, 0.5) is 0 Å². The highest BCUT2D eigenvalue weighted by Crippen LogP contribution is 2.29. The Balaban J connectivity index is 2.03. The fourth-order valence-electron chi connectivity index (χ4n) is 2.89. The Morgan fingerprint density at radius 2 is 1.80 bits per heavy atom. The van der Waals surface area contributed by atoms with Gasteiger partial charge in [-0.15, -0.1) is 0 Å². The lowest BCUT2D eigenvalue weighted by Gasteiger charge is -2.12. The summed E-state index contributed by atoms with van der Waals surface area (Å²) in [6.45, 7) is 2.10. The number of carbonyl (C=O) groups is 1. The van der Waals surface area contributed by atoms with Crippen molar-refractivity contribution in [1.29, 1.82) is 5.26 Å². The Kier molecular flexibility index (Phi) is 4.67. The Labute approximate surface area is 146 Å². The van der Waals surface area contributed by atoms with Gasteiger partial charge in [-0.25, -0.2) is 0 Å². The summed E-state index contributed by atoms with van der Waals surface area (Å²) in [5.74, 6) is 0.760. The molecule has 0 aliphatic rings. The van der Waals surface area contributed by atoms with Gasteiger partial charge in [0.15, 0.2) is 5.78 Å². The monoisotopic (exact) mass is 330 g/mol. The minimum absolute atomic E-state index is 0.0125. The molecule has 4 nitrogen and oxygen atoms in total. The normalized spacial score (nSPS) is 10.3. The zero-order chi connectivity index (χ0) is 17.8. The van der Waals surface area contributed by atoms with Crippen LogP contribution in [0.2, 0.25) is 0 Å². The van der Waals surface area contributed by atoms with E-state index >= 15 is 0 Å². The average molecular weight is 330 g/mol. The molecule has 0 saturated heterocycles. The lowest BCUT2D eigenvalue weighted by Crippen LogP contribution is -2.12. The van der Waals surface area contributed by atoms with Gasteiger partial charge >= 0.3 is 0 Å². The van der Waals surface area contributed by atoms with Crippen molar-refractivity contribution in [1.82, 2.24) is 4.57 Å². The Bertz CT molecular complexity index is 933. The molecule has 0 saturated carbocycles. The number of hydrogen-bond donors (Lipinski definition) is 0. The van der Waals surface area contributed by atoms with Gasteiger partial charge in [0.25, 0.3) is 0 Å². The van der Waals surface area contributed by atoms with Crippen LogP contribution >= 0.6 is 0 Å². The number of Topliss-reactive ketones (excluding diaryl/α,β-unsaturated/α-hetero) is 1. The molecule has 0 aliphatic carbocycles. The summed E-state index contributed by atoms with van der Waals surface area (Å²) in [6.07, 6.45) is 0. The SMILES string of the molecule is COc1ccc(-c2c(C#N)cc(C)n2CC(=O)c2ccccc2)cc1. The third-order valence-corrected chi connectivity index (χ3v) is 4.19. The van der Waals surface area contributed by atoms with E-state index < -0.39 is 0 Å². The Morgan fingerprint density at radius 3 is 2.40 bits per heavy atom. The summed E-state index contributed by atoms with van der Waals surface area (Å²) in [5.41, 5.74) is 3.74. The predicted molar refractivity (Wildman–Crippen MR) is 96.6 cm³/mol. The lowest BCUT2D eigenvalue weighted by atomic mass is 10.1. The number of hydrogen-bond acceptors (Lipinski definition) is 3. The van der Waals surface area contributed by atoms with E-state index in [0.29, 0.717) is 11.1 Å². The first kappa shape index (κ1) is 16.5. The number of benzene rings is 2. The summed E-state index contributed by atoms with van der Waals surface area (Å²) in [7, 11) is 1.61. The second-order valence-electron chi connectivity index (χ2n) is 5.76. The van der Waals surface area contributed by atoms with Gasteiger partial charge in [0.05, 0.1) is 24.9 Å². The highest BCUT2D eigenvalue weighted by atomic mass is 16.5. The molecule has 0 radical (unpaired) electrons. The Morgan fingerprint density at radius 1 is 1.12 bits per heavy atom. The van der Waals surface area contributed by atoms with E-state index in [2.05, 4.69) is 6.07 Å². The van der Waals surface area contributed by atoms with Crippen LogP contribution in [-0.4, -0.2) is 17.5 Å². The molecule has 2 aromatic carbocycles. The molecule has 0 atom stereocenters. The largest absolute Gasteiger partial charge is 0.497 e. The molecule has 0 aliphatic heterocycles. The van der Waals surface area contributed by atoms with Gasteiger partial charge in [-0.3, -0.25) is 4.79 Å². The van der Waals surface area contributed by atoms with Gasteiger partial charge in [0.1, 0.15) is 11.8 Å². The zero-order valence-electron chi connectivity index (χ0n) is 14.2. The van der Waals surface area contributed by atoms with E-state index in [9.17, 15) is 10.1 Å². The number of aromatic nitrogens is 1. The summed E-state index contributed by atoms with van der Waals surface area (Å²) in [6, 6.07) is 20.7. The van der Waals surface area contributed by atoms with E-state index in [1.807, 2.05) is 60.0 Å². The molecule has 0 fully saturated rings. The summed E-state index contributed by atoms with van der Waals surface area (Å²) in [5, 5.41) is 9.50. The van der Waals surface area contributed by atoms with E-state index in [-0.39, 0.29) is 12.3 Å². The molecule has 1 heterocycles. The van der Waals surface area contributed by atoms with Crippen molar-refractivity contribution in [2.75, 3.05) is 7.11 Å². The summed E-state index contributed by atoms with van der Waals surface area (Å²) in [4.78, 5) is 12.6. The second kappa shape index (κ2) is 7.06. The summed E-state index contributed by atoms with van der Waals surface area (Å²) >= 11 is 0. The van der Waals surface area contributed by atoms with Crippen LogP contribution in [0.25, 0.3) is 11.3 Å². The van der Waals surface area contributed by atoms with E-state index in [4.69, 9.17) is 4.74 Å². The minimum Gasteiger partial charge on any atom is -0.497 e. The zero-order valence-corrected chi connectivity index (χ0v) is 14.2. The highest BCUT2D eigenvalue weighted by molar-refractivity contribution is 5.96. The average Bonchev–Trinajstić information content (AvgIpc) is 2.98. The van der Waals surface area contributed by atoms with Crippen LogP contribution < -0.4 is 4.74 Å². The number of rotatable bonds is 5. The van der Waals surface area contributed by atoms with Crippen molar-refractivity contribution >= 4 is 5.78 Å². The fourth-order valence-corrected chi connectivity index (χ4v) is 2.89. The number of aryl methyl sites for hydroxylation is 1.